The Morgan fingerprint density at radius 2 is 2.18 bits per heavy atom. The van der Waals surface area contributed by atoms with Crippen LogP contribution in [0.4, 0.5) is 0 Å². The van der Waals surface area contributed by atoms with Crippen molar-refractivity contribution >= 4 is 17.5 Å². The van der Waals surface area contributed by atoms with Gasteiger partial charge in [0.15, 0.2) is 0 Å². The minimum absolute atomic E-state index is 0.160. The van der Waals surface area contributed by atoms with E-state index in [4.69, 9.17) is 11.6 Å². The molecule has 0 radical (unpaired) electrons. The van der Waals surface area contributed by atoms with Crippen LogP contribution in [0.25, 0.3) is 0 Å². The molecular weight excluding hydrogens is 234 g/mol. The van der Waals surface area contributed by atoms with E-state index in [0.717, 1.165) is 31.2 Å². The number of carbonyl (C=O) groups excluding carboxylic acids is 1. The molecule has 0 aromatic heterocycles. The maximum atomic E-state index is 12.1. The van der Waals surface area contributed by atoms with Crippen LogP contribution in [0.5, 0.6) is 0 Å². The lowest BCUT2D eigenvalue weighted by atomic mass is 9.86. The van der Waals surface area contributed by atoms with Gasteiger partial charge in [0.05, 0.1) is 0 Å². The summed E-state index contributed by atoms with van der Waals surface area (Å²) in [4.78, 5) is 13.9. The molecule has 4 atom stereocenters. The van der Waals surface area contributed by atoms with Gasteiger partial charge in [0, 0.05) is 25.4 Å². The van der Waals surface area contributed by atoms with Crippen LogP contribution < -0.4 is 0 Å². The molecule has 2 nitrogen and oxygen atoms in total. The average molecular weight is 258 g/mol. The van der Waals surface area contributed by atoms with E-state index in [0.29, 0.717) is 11.8 Å². The van der Waals surface area contributed by atoms with Gasteiger partial charge in [0.1, 0.15) is 0 Å². The van der Waals surface area contributed by atoms with Gasteiger partial charge >= 0.3 is 0 Å². The highest BCUT2D eigenvalue weighted by molar-refractivity contribution is 6.20. The van der Waals surface area contributed by atoms with Gasteiger partial charge in [-0.05, 0) is 50.4 Å². The highest BCUT2D eigenvalue weighted by Crippen LogP contribution is 2.49. The van der Waals surface area contributed by atoms with Gasteiger partial charge in [-0.3, -0.25) is 4.79 Å². The second kappa shape index (κ2) is 5.60. The van der Waals surface area contributed by atoms with Crippen molar-refractivity contribution in [2.24, 2.45) is 17.8 Å². The van der Waals surface area contributed by atoms with Crippen LogP contribution in [0.3, 0.4) is 0 Å². The minimum Gasteiger partial charge on any atom is -0.346 e. The third kappa shape index (κ3) is 3.37. The van der Waals surface area contributed by atoms with Crippen molar-refractivity contribution in [1.82, 2.24) is 4.90 Å². The summed E-state index contributed by atoms with van der Waals surface area (Å²) in [6, 6.07) is 0. The molecule has 2 bridgehead atoms. The van der Waals surface area contributed by atoms with Gasteiger partial charge in [-0.1, -0.05) is 6.42 Å². The topological polar surface area (TPSA) is 20.3 Å². The van der Waals surface area contributed by atoms with Crippen LogP contribution in [0.2, 0.25) is 0 Å². The van der Waals surface area contributed by atoms with E-state index in [2.05, 4.69) is 0 Å². The molecule has 4 unspecified atom stereocenters. The number of fused-ring (bicyclic) bond motifs is 2. The van der Waals surface area contributed by atoms with Crippen LogP contribution in [0.1, 0.15) is 45.4 Å². The Morgan fingerprint density at radius 1 is 1.41 bits per heavy atom. The highest BCUT2D eigenvalue weighted by Gasteiger charge is 2.40. The lowest BCUT2D eigenvalue weighted by Crippen LogP contribution is -2.31. The number of rotatable bonds is 5. The molecule has 0 aromatic rings. The molecule has 0 heterocycles. The first-order valence-electron chi connectivity index (χ1n) is 6.94. The van der Waals surface area contributed by atoms with E-state index >= 15 is 0 Å². The van der Waals surface area contributed by atoms with E-state index in [1.165, 1.54) is 25.7 Å². The van der Waals surface area contributed by atoms with E-state index < -0.39 is 0 Å². The quantitative estimate of drug-likeness (QED) is 0.692. The smallest absolute Gasteiger partial charge is 0.222 e. The standard InChI is InChI=1S/C14H24ClNO/c1-10(15)5-6-16(2)14(17)9-13-8-11-3-4-12(13)7-11/h10-13H,3-9H2,1-2H3. The molecule has 2 aliphatic rings. The van der Waals surface area contributed by atoms with Crippen molar-refractivity contribution in [3.63, 3.8) is 0 Å². The predicted octanol–water partition coefficient (Wildman–Crippen LogP) is 3.29. The molecule has 0 aliphatic heterocycles. The molecule has 2 saturated carbocycles. The van der Waals surface area contributed by atoms with Crippen LogP contribution in [-0.2, 0) is 4.79 Å². The van der Waals surface area contributed by atoms with Crippen molar-refractivity contribution in [3.05, 3.63) is 0 Å². The molecule has 2 rings (SSSR count). The first kappa shape index (κ1) is 13.2. The summed E-state index contributed by atoms with van der Waals surface area (Å²) in [5.41, 5.74) is 0. The number of hydrogen-bond donors (Lipinski definition) is 0. The van der Waals surface area contributed by atoms with Gasteiger partial charge in [-0.2, -0.15) is 0 Å². The summed E-state index contributed by atoms with van der Waals surface area (Å²) in [6.45, 7) is 2.78. The molecule has 17 heavy (non-hydrogen) atoms. The fraction of sp³-hybridized carbons (Fsp3) is 0.929. The lowest BCUT2D eigenvalue weighted by molar-refractivity contribution is -0.131. The molecule has 98 valence electrons. The number of alkyl halides is 1. The van der Waals surface area contributed by atoms with Crippen LogP contribution >= 0.6 is 11.6 Å². The monoisotopic (exact) mass is 257 g/mol. The third-order valence-electron chi connectivity index (χ3n) is 4.61. The number of nitrogens with zero attached hydrogens (tertiary/aromatic N) is 1. The van der Waals surface area contributed by atoms with Crippen LogP contribution in [0.15, 0.2) is 0 Å². The molecule has 0 saturated heterocycles. The van der Waals surface area contributed by atoms with Gasteiger partial charge in [-0.25, -0.2) is 0 Å². The zero-order chi connectivity index (χ0) is 12.4. The molecule has 2 fully saturated rings. The summed E-state index contributed by atoms with van der Waals surface area (Å²) >= 11 is 5.91. The third-order valence-corrected chi connectivity index (χ3v) is 4.83. The molecule has 0 aromatic carbocycles. The number of hydrogen-bond acceptors (Lipinski definition) is 1. The zero-order valence-corrected chi connectivity index (χ0v) is 11.7. The molecule has 1 amide bonds. The Kier molecular flexibility index (Phi) is 4.35. The molecule has 0 N–H and O–H groups in total. The molecule has 3 heteroatoms. The van der Waals surface area contributed by atoms with Gasteiger partial charge in [0.2, 0.25) is 5.91 Å². The normalized spacial score (nSPS) is 32.8. The van der Waals surface area contributed by atoms with E-state index in [9.17, 15) is 4.79 Å². The van der Waals surface area contributed by atoms with Crippen molar-refractivity contribution in [2.45, 2.75) is 50.8 Å². The van der Waals surface area contributed by atoms with Crippen molar-refractivity contribution < 1.29 is 4.79 Å². The van der Waals surface area contributed by atoms with Crippen LogP contribution in [-0.4, -0.2) is 29.8 Å². The Balaban J connectivity index is 1.73. The first-order valence-corrected chi connectivity index (χ1v) is 7.38. The average Bonchev–Trinajstić information content (AvgIpc) is 2.87. The Morgan fingerprint density at radius 3 is 2.71 bits per heavy atom. The largest absolute Gasteiger partial charge is 0.346 e. The maximum absolute atomic E-state index is 12.1. The first-order chi connectivity index (χ1) is 8.06. The van der Waals surface area contributed by atoms with Gasteiger partial charge in [0.25, 0.3) is 0 Å². The number of carbonyl (C=O) groups is 1. The second-order valence-electron chi connectivity index (χ2n) is 6.02. The Hall–Kier alpha value is -0.240. The summed E-state index contributed by atoms with van der Waals surface area (Å²) < 4.78 is 0. The minimum atomic E-state index is 0.160. The molecule has 2 aliphatic carbocycles. The highest BCUT2D eigenvalue weighted by atomic mass is 35.5. The number of halogens is 1. The van der Waals surface area contributed by atoms with Crippen LogP contribution in [0, 0.1) is 17.8 Å². The van der Waals surface area contributed by atoms with Crippen molar-refractivity contribution in [1.29, 1.82) is 0 Å². The lowest BCUT2D eigenvalue weighted by Gasteiger charge is -2.24. The molecule has 0 spiro atoms. The zero-order valence-electron chi connectivity index (χ0n) is 11.0. The van der Waals surface area contributed by atoms with Gasteiger partial charge < -0.3 is 4.90 Å². The van der Waals surface area contributed by atoms with Gasteiger partial charge in [-0.15, -0.1) is 11.6 Å². The summed E-state index contributed by atoms with van der Waals surface area (Å²) in [7, 11) is 1.91. The number of amides is 1. The van der Waals surface area contributed by atoms with E-state index in [1.807, 2.05) is 18.9 Å². The van der Waals surface area contributed by atoms with E-state index in [1.54, 1.807) is 0 Å². The molecular formula is C14H24ClNO. The Bertz CT molecular complexity index is 279. The summed E-state index contributed by atoms with van der Waals surface area (Å²) in [5.74, 6) is 2.78. The predicted molar refractivity (Wildman–Crippen MR) is 71.1 cm³/mol. The summed E-state index contributed by atoms with van der Waals surface area (Å²) in [5, 5.41) is 0.160. The Labute approximate surface area is 110 Å². The van der Waals surface area contributed by atoms with E-state index in [-0.39, 0.29) is 5.38 Å². The maximum Gasteiger partial charge on any atom is 0.222 e. The second-order valence-corrected chi connectivity index (χ2v) is 6.77. The SMILES string of the molecule is CC(Cl)CCN(C)C(=O)CC1CC2CCC1C2. The van der Waals surface area contributed by atoms with Crippen molar-refractivity contribution in [3.8, 4) is 0 Å². The fourth-order valence-corrected chi connectivity index (χ4v) is 3.60. The van der Waals surface area contributed by atoms with Crippen molar-refractivity contribution in [2.75, 3.05) is 13.6 Å². The summed E-state index contributed by atoms with van der Waals surface area (Å²) in [6.07, 6.45) is 7.13. The fourth-order valence-electron chi connectivity index (χ4n) is 3.50.